The summed E-state index contributed by atoms with van der Waals surface area (Å²) in [5, 5.41) is 0.175. The van der Waals surface area contributed by atoms with Crippen molar-refractivity contribution in [1.82, 2.24) is 19.1 Å². The molecule has 8 aromatic carbocycles. The fraction of sp³-hybridized carbons (Fsp3) is 0. The van der Waals surface area contributed by atoms with Gasteiger partial charge in [-0.2, -0.15) is 0 Å². The van der Waals surface area contributed by atoms with E-state index in [4.69, 9.17) is 22.3 Å². The van der Waals surface area contributed by atoms with Gasteiger partial charge in [-0.05, 0) is 65.6 Å². The highest BCUT2D eigenvalue weighted by atomic mass is 15.0. The Labute approximate surface area is 332 Å². The fourth-order valence-electron chi connectivity index (χ4n) is 7.33. The van der Waals surface area contributed by atoms with E-state index in [0.717, 1.165) is 26.6 Å². The summed E-state index contributed by atoms with van der Waals surface area (Å²) in [5.74, 6) is 0.313. The molecule has 11 aromatic rings. The van der Waals surface area contributed by atoms with Crippen LogP contribution in [0.4, 0.5) is 0 Å². The molecule has 0 spiro atoms. The molecule has 0 N–H and O–H groups in total. The van der Waals surface area contributed by atoms with Gasteiger partial charge in [-0.25, -0.2) is 9.97 Å². The molecular formula is C50H32N4. The second kappa shape index (κ2) is 12.1. The van der Waals surface area contributed by atoms with Crippen LogP contribution in [0, 0.1) is 0 Å². The predicted octanol–water partition coefficient (Wildman–Crippen LogP) is 12.8. The van der Waals surface area contributed by atoms with Gasteiger partial charge in [0.25, 0.3) is 0 Å². The maximum Gasteiger partial charge on any atom is 0.160 e. The minimum Gasteiger partial charge on any atom is -0.309 e. The van der Waals surface area contributed by atoms with Crippen LogP contribution in [0.1, 0.15) is 20.6 Å². The normalized spacial score (nSPS) is 15.6. The Morgan fingerprint density at radius 2 is 0.963 bits per heavy atom. The van der Waals surface area contributed by atoms with E-state index in [-0.39, 0.29) is 49.3 Å². The molecule has 11 rings (SSSR count). The summed E-state index contributed by atoms with van der Waals surface area (Å²) < 4.78 is 137. The van der Waals surface area contributed by atoms with Crippen LogP contribution in [0.3, 0.4) is 0 Å². The van der Waals surface area contributed by atoms with Crippen LogP contribution in [0.2, 0.25) is 0 Å². The van der Waals surface area contributed by atoms with Gasteiger partial charge in [-0.1, -0.05) is 139 Å². The summed E-state index contributed by atoms with van der Waals surface area (Å²) in [7, 11) is 0. The lowest BCUT2D eigenvalue weighted by Gasteiger charge is -2.12. The topological polar surface area (TPSA) is 35.6 Å². The summed E-state index contributed by atoms with van der Waals surface area (Å²) in [6.45, 7) is 0. The molecule has 0 bridgehead atoms. The Balaban J connectivity index is 1.25. The van der Waals surface area contributed by atoms with E-state index < -0.39 is 96.3 Å². The van der Waals surface area contributed by atoms with Gasteiger partial charge in [0.05, 0.1) is 53.8 Å². The molecule has 3 aromatic heterocycles. The van der Waals surface area contributed by atoms with Gasteiger partial charge in [0.2, 0.25) is 0 Å². The molecule has 0 aliphatic rings. The average molecular weight is 704 g/mol. The molecule has 0 saturated carbocycles. The highest BCUT2D eigenvalue weighted by Gasteiger charge is 2.21. The van der Waals surface area contributed by atoms with Gasteiger partial charge < -0.3 is 9.13 Å². The maximum absolute atomic E-state index is 9.76. The number of hydrogen-bond acceptors (Lipinski definition) is 2. The monoisotopic (exact) mass is 703 g/mol. The SMILES string of the molecule is [2H]c1c([2H])c([2H])c(-n2c3c([2H])c([2H])c([2H])c([2H])c3c3c4c5c([2H])c([2H])c([2H])c([2H])c5n(-c5cccc(-c6nc(-c7ccc(-c8ccccc8)cc7)c7ccccc7n6)c5)c4c([2H])c([2H])c32)c([2H])c1[2H]. The smallest absolute Gasteiger partial charge is 0.160 e. The fourth-order valence-corrected chi connectivity index (χ4v) is 7.33. The van der Waals surface area contributed by atoms with Gasteiger partial charge in [-0.15, -0.1) is 0 Å². The van der Waals surface area contributed by atoms with Crippen LogP contribution in [-0.2, 0) is 0 Å². The Morgan fingerprint density at radius 3 is 1.69 bits per heavy atom. The van der Waals surface area contributed by atoms with E-state index in [1.165, 1.54) is 4.57 Å². The van der Waals surface area contributed by atoms with Crippen molar-refractivity contribution in [2.45, 2.75) is 0 Å². The quantitative estimate of drug-likeness (QED) is 0.179. The van der Waals surface area contributed by atoms with Crippen molar-refractivity contribution in [3.63, 3.8) is 0 Å². The molecule has 0 aliphatic heterocycles. The standard InChI is InChI=1S/C50H32N4/c1-3-14-33(15-4-1)34-26-28-35(29-27-34)49-39-20-7-10-23-42(39)51-50(52-49)36-16-13-19-38(32-36)54-44-25-12-9-22-41(44)48-46(54)31-30-45-47(48)40-21-8-11-24-43(40)53(45)37-17-5-2-6-18-37/h1-32H/i2D,5D,6D,8D,9D,11D,12D,17D,18D,21D,22D,24D,25D,30D,31D. The minimum atomic E-state index is -0.755. The first-order valence-electron chi connectivity index (χ1n) is 24.6. The van der Waals surface area contributed by atoms with Crippen molar-refractivity contribution < 1.29 is 20.6 Å². The first-order valence-corrected chi connectivity index (χ1v) is 17.1. The summed E-state index contributed by atoms with van der Waals surface area (Å²) in [6.07, 6.45) is 0. The zero-order valence-corrected chi connectivity index (χ0v) is 28.1. The molecule has 0 fully saturated rings. The number of nitrogens with zero attached hydrogens (tertiary/aromatic N) is 4. The van der Waals surface area contributed by atoms with Crippen LogP contribution < -0.4 is 0 Å². The Bertz CT molecular complexity index is 4040. The number of hydrogen-bond donors (Lipinski definition) is 0. The lowest BCUT2D eigenvalue weighted by atomic mass is 10.0. The van der Waals surface area contributed by atoms with E-state index in [9.17, 15) is 8.22 Å². The van der Waals surface area contributed by atoms with Gasteiger partial charge in [0.1, 0.15) is 0 Å². The molecule has 4 heteroatoms. The number of fused-ring (bicyclic) bond motifs is 8. The van der Waals surface area contributed by atoms with Crippen molar-refractivity contribution in [2.24, 2.45) is 0 Å². The van der Waals surface area contributed by atoms with Crippen molar-refractivity contribution in [2.75, 3.05) is 0 Å². The summed E-state index contributed by atoms with van der Waals surface area (Å²) in [6, 6.07) is 22.5. The lowest BCUT2D eigenvalue weighted by molar-refractivity contribution is 1.17. The lowest BCUT2D eigenvalue weighted by Crippen LogP contribution is -1.98. The van der Waals surface area contributed by atoms with Crippen LogP contribution in [-0.4, -0.2) is 19.1 Å². The van der Waals surface area contributed by atoms with Crippen LogP contribution >= 0.6 is 0 Å². The Hall–Kier alpha value is -7.30. The molecular weight excluding hydrogens is 657 g/mol. The van der Waals surface area contributed by atoms with Gasteiger partial charge in [0.15, 0.2) is 5.82 Å². The van der Waals surface area contributed by atoms with Crippen molar-refractivity contribution in [3.8, 4) is 45.1 Å². The summed E-state index contributed by atoms with van der Waals surface area (Å²) in [4.78, 5) is 10.1. The number of rotatable bonds is 5. The molecule has 3 heterocycles. The second-order valence-electron chi connectivity index (χ2n) is 12.7. The first kappa shape index (κ1) is 19.0. The highest BCUT2D eigenvalue weighted by molar-refractivity contribution is 6.28. The minimum absolute atomic E-state index is 0.0808. The first-order chi connectivity index (χ1) is 33.0. The van der Waals surface area contributed by atoms with E-state index in [1.807, 2.05) is 78.9 Å². The Kier molecular flexibility index (Phi) is 4.27. The molecule has 252 valence electrons. The van der Waals surface area contributed by atoms with E-state index >= 15 is 0 Å². The number of para-hydroxylation sites is 4. The third kappa shape index (κ3) is 4.70. The van der Waals surface area contributed by atoms with E-state index in [2.05, 4.69) is 0 Å². The van der Waals surface area contributed by atoms with Gasteiger partial charge in [-0.3, -0.25) is 0 Å². The van der Waals surface area contributed by atoms with Crippen molar-refractivity contribution in [3.05, 3.63) is 194 Å². The molecule has 0 unspecified atom stereocenters. The molecule has 54 heavy (non-hydrogen) atoms. The van der Waals surface area contributed by atoms with E-state index in [0.29, 0.717) is 22.6 Å². The Morgan fingerprint density at radius 1 is 0.389 bits per heavy atom. The number of aromatic nitrogens is 4. The van der Waals surface area contributed by atoms with Crippen molar-refractivity contribution in [1.29, 1.82) is 0 Å². The molecule has 0 saturated heterocycles. The zero-order chi connectivity index (χ0) is 48.6. The summed E-state index contributed by atoms with van der Waals surface area (Å²) in [5.41, 5.74) is 3.51. The van der Waals surface area contributed by atoms with Crippen LogP contribution in [0.5, 0.6) is 0 Å². The van der Waals surface area contributed by atoms with Gasteiger partial charge in [0, 0.05) is 49.4 Å². The molecule has 0 amide bonds. The third-order valence-corrected chi connectivity index (χ3v) is 9.69. The zero-order valence-electron chi connectivity index (χ0n) is 43.1. The molecule has 0 atom stereocenters. The summed E-state index contributed by atoms with van der Waals surface area (Å²) >= 11 is 0. The maximum atomic E-state index is 9.76. The largest absolute Gasteiger partial charge is 0.309 e. The molecule has 4 nitrogen and oxygen atoms in total. The predicted molar refractivity (Wildman–Crippen MR) is 225 cm³/mol. The van der Waals surface area contributed by atoms with Gasteiger partial charge >= 0.3 is 0 Å². The highest BCUT2D eigenvalue weighted by Crippen LogP contribution is 2.42. The van der Waals surface area contributed by atoms with E-state index in [1.54, 1.807) is 24.3 Å². The van der Waals surface area contributed by atoms with Crippen molar-refractivity contribution >= 4 is 54.5 Å². The van der Waals surface area contributed by atoms with Crippen LogP contribution in [0.15, 0.2) is 194 Å². The third-order valence-electron chi connectivity index (χ3n) is 9.69. The average Bonchev–Trinajstić information content (AvgIpc) is 3.91. The number of benzene rings is 8. The van der Waals surface area contributed by atoms with Crippen LogP contribution in [0.25, 0.3) is 99.7 Å². The molecule has 0 radical (unpaired) electrons. The second-order valence-corrected chi connectivity index (χ2v) is 12.7. The molecule has 0 aliphatic carbocycles.